The fourth-order valence-corrected chi connectivity index (χ4v) is 2.28. The molecule has 0 saturated carbocycles. The van der Waals surface area contributed by atoms with Crippen LogP contribution in [0.25, 0.3) is 5.69 Å². The zero-order valence-electron chi connectivity index (χ0n) is 13.5. The Labute approximate surface area is 152 Å². The van der Waals surface area contributed by atoms with Crippen molar-refractivity contribution in [2.75, 3.05) is 5.32 Å². The van der Waals surface area contributed by atoms with Crippen molar-refractivity contribution in [3.63, 3.8) is 0 Å². The number of esters is 1. The number of rotatable bonds is 5. The number of ether oxygens (including phenoxy) is 1. The minimum Gasteiger partial charge on any atom is -0.449 e. The van der Waals surface area contributed by atoms with Gasteiger partial charge in [-0.15, -0.1) is 5.10 Å². The van der Waals surface area contributed by atoms with Crippen molar-refractivity contribution in [2.24, 2.45) is 0 Å². The Bertz CT molecular complexity index is 931. The minimum atomic E-state index is -1.05. The molecule has 0 radical (unpaired) electrons. The van der Waals surface area contributed by atoms with E-state index in [1.807, 2.05) is 0 Å². The number of carbonyl (C=O) groups is 2. The number of para-hydroxylation sites is 1. The number of halogens is 1. The number of carbonyl (C=O) groups excluding carboxylic acids is 2. The summed E-state index contributed by atoms with van der Waals surface area (Å²) in [6.07, 6.45) is 1.80. The molecule has 0 aliphatic carbocycles. The third-order valence-electron chi connectivity index (χ3n) is 3.39. The third-order valence-corrected chi connectivity index (χ3v) is 3.69. The molecule has 132 valence electrons. The fourth-order valence-electron chi connectivity index (χ4n) is 2.11. The van der Waals surface area contributed by atoms with Crippen LogP contribution in [0.5, 0.6) is 0 Å². The van der Waals surface area contributed by atoms with E-state index in [0.29, 0.717) is 11.4 Å². The first-order chi connectivity index (χ1) is 12.6. The first-order valence-corrected chi connectivity index (χ1v) is 7.89. The Morgan fingerprint density at radius 3 is 2.77 bits per heavy atom. The zero-order chi connectivity index (χ0) is 18.5. The summed E-state index contributed by atoms with van der Waals surface area (Å²) < 4.78 is 6.58. The van der Waals surface area contributed by atoms with E-state index in [9.17, 15) is 9.59 Å². The van der Waals surface area contributed by atoms with Gasteiger partial charge < -0.3 is 10.1 Å². The SMILES string of the molecule is CC(OC(=O)c1ccccc1-n1cnnn1)C(=O)Nc1cccnc1Cl. The standard InChI is InChI=1S/C16H13ClN6O3/c1-10(15(24)20-12-6-4-8-18-14(12)17)26-16(25)11-5-2-3-7-13(11)23-9-19-21-22-23/h2-10H,1H3,(H,20,24). The fraction of sp³-hybridized carbons (Fsp3) is 0.125. The summed E-state index contributed by atoms with van der Waals surface area (Å²) in [5, 5.41) is 13.5. The van der Waals surface area contributed by atoms with Gasteiger partial charge in [0.2, 0.25) is 0 Å². The molecule has 1 N–H and O–H groups in total. The van der Waals surface area contributed by atoms with Crippen molar-refractivity contribution < 1.29 is 14.3 Å². The first kappa shape index (κ1) is 17.5. The van der Waals surface area contributed by atoms with Crippen LogP contribution < -0.4 is 5.32 Å². The first-order valence-electron chi connectivity index (χ1n) is 7.51. The Hall–Kier alpha value is -3.33. The van der Waals surface area contributed by atoms with Gasteiger partial charge in [0.25, 0.3) is 5.91 Å². The maximum Gasteiger partial charge on any atom is 0.341 e. The van der Waals surface area contributed by atoms with Crippen molar-refractivity contribution in [3.05, 3.63) is 59.6 Å². The lowest BCUT2D eigenvalue weighted by Gasteiger charge is -2.15. The van der Waals surface area contributed by atoms with Crippen LogP contribution >= 0.6 is 11.6 Å². The van der Waals surface area contributed by atoms with Crippen molar-refractivity contribution in [1.82, 2.24) is 25.2 Å². The molecule has 26 heavy (non-hydrogen) atoms. The number of nitrogens with one attached hydrogen (secondary N) is 1. The number of tetrazole rings is 1. The van der Waals surface area contributed by atoms with Crippen LogP contribution in [-0.4, -0.2) is 43.2 Å². The molecule has 0 spiro atoms. The van der Waals surface area contributed by atoms with Crippen LogP contribution in [0, 0.1) is 0 Å². The predicted octanol–water partition coefficient (Wildman–Crippen LogP) is 1.89. The topological polar surface area (TPSA) is 112 Å². The molecule has 1 atom stereocenters. The number of pyridine rings is 1. The maximum absolute atomic E-state index is 12.5. The van der Waals surface area contributed by atoms with Crippen LogP contribution in [0.4, 0.5) is 5.69 Å². The molecule has 1 unspecified atom stereocenters. The van der Waals surface area contributed by atoms with E-state index >= 15 is 0 Å². The van der Waals surface area contributed by atoms with Crippen LogP contribution in [0.3, 0.4) is 0 Å². The van der Waals surface area contributed by atoms with Crippen molar-refractivity contribution >= 4 is 29.2 Å². The molecule has 3 rings (SSSR count). The van der Waals surface area contributed by atoms with Crippen molar-refractivity contribution in [3.8, 4) is 5.69 Å². The largest absolute Gasteiger partial charge is 0.449 e. The van der Waals surface area contributed by atoms with E-state index < -0.39 is 18.0 Å². The van der Waals surface area contributed by atoms with Gasteiger partial charge in [0.05, 0.1) is 16.9 Å². The molecule has 3 aromatic rings. The van der Waals surface area contributed by atoms with E-state index in [0.717, 1.165) is 0 Å². The minimum absolute atomic E-state index is 0.142. The Balaban J connectivity index is 1.72. The molecule has 2 heterocycles. The van der Waals surface area contributed by atoms with E-state index in [2.05, 4.69) is 25.8 Å². The van der Waals surface area contributed by atoms with Crippen molar-refractivity contribution in [2.45, 2.75) is 13.0 Å². The van der Waals surface area contributed by atoms with Gasteiger partial charge in [0.1, 0.15) is 6.33 Å². The molecular weight excluding hydrogens is 360 g/mol. The molecular formula is C16H13ClN6O3. The highest BCUT2D eigenvalue weighted by Gasteiger charge is 2.22. The summed E-state index contributed by atoms with van der Waals surface area (Å²) in [5.41, 5.74) is 0.987. The molecule has 2 aromatic heterocycles. The van der Waals surface area contributed by atoms with Gasteiger partial charge in [-0.3, -0.25) is 4.79 Å². The normalized spacial score (nSPS) is 11.6. The molecule has 0 fully saturated rings. The summed E-state index contributed by atoms with van der Waals surface area (Å²) in [5.74, 6) is -1.22. The second-order valence-corrected chi connectivity index (χ2v) is 5.51. The summed E-state index contributed by atoms with van der Waals surface area (Å²) in [7, 11) is 0. The van der Waals surface area contributed by atoms with Gasteiger partial charge in [0, 0.05) is 6.20 Å². The second kappa shape index (κ2) is 7.70. The molecule has 1 amide bonds. The number of hydrogen-bond acceptors (Lipinski definition) is 7. The number of amides is 1. The van der Waals surface area contributed by atoms with Gasteiger partial charge in [0.15, 0.2) is 11.3 Å². The zero-order valence-corrected chi connectivity index (χ0v) is 14.3. The molecule has 9 nitrogen and oxygen atoms in total. The predicted molar refractivity (Wildman–Crippen MR) is 91.9 cm³/mol. The highest BCUT2D eigenvalue weighted by molar-refractivity contribution is 6.32. The van der Waals surface area contributed by atoms with Gasteiger partial charge in [-0.25, -0.2) is 9.78 Å². The van der Waals surface area contributed by atoms with Crippen LogP contribution in [0.2, 0.25) is 5.15 Å². The van der Waals surface area contributed by atoms with Gasteiger partial charge in [-0.1, -0.05) is 23.7 Å². The van der Waals surface area contributed by atoms with Gasteiger partial charge in [-0.2, -0.15) is 4.68 Å². The Morgan fingerprint density at radius 1 is 1.23 bits per heavy atom. The number of aromatic nitrogens is 5. The summed E-state index contributed by atoms with van der Waals surface area (Å²) >= 11 is 5.90. The summed E-state index contributed by atoms with van der Waals surface area (Å²) in [4.78, 5) is 28.6. The van der Waals surface area contributed by atoms with Crippen LogP contribution in [0.15, 0.2) is 48.9 Å². The quantitative estimate of drug-likeness (QED) is 0.537. The average Bonchev–Trinajstić information content (AvgIpc) is 3.18. The lowest BCUT2D eigenvalue weighted by Crippen LogP contribution is -2.30. The highest BCUT2D eigenvalue weighted by atomic mass is 35.5. The molecule has 1 aromatic carbocycles. The lowest BCUT2D eigenvalue weighted by atomic mass is 10.2. The van der Waals surface area contributed by atoms with E-state index in [4.69, 9.17) is 16.3 Å². The maximum atomic E-state index is 12.5. The number of hydrogen-bond donors (Lipinski definition) is 1. The highest BCUT2D eigenvalue weighted by Crippen LogP contribution is 2.19. The number of anilines is 1. The Kier molecular flexibility index (Phi) is 5.18. The van der Waals surface area contributed by atoms with Crippen LogP contribution in [-0.2, 0) is 9.53 Å². The third kappa shape index (κ3) is 3.83. The van der Waals surface area contributed by atoms with Gasteiger partial charge >= 0.3 is 5.97 Å². The summed E-state index contributed by atoms with van der Waals surface area (Å²) in [6, 6.07) is 9.84. The monoisotopic (exact) mass is 372 g/mol. The average molecular weight is 373 g/mol. The molecule has 0 bridgehead atoms. The molecule has 10 heteroatoms. The second-order valence-electron chi connectivity index (χ2n) is 5.15. The summed E-state index contributed by atoms with van der Waals surface area (Å²) in [6.45, 7) is 1.46. The molecule has 0 saturated heterocycles. The Morgan fingerprint density at radius 2 is 2.04 bits per heavy atom. The van der Waals surface area contributed by atoms with Crippen LogP contribution in [0.1, 0.15) is 17.3 Å². The smallest absolute Gasteiger partial charge is 0.341 e. The molecule has 0 aliphatic heterocycles. The van der Waals surface area contributed by atoms with E-state index in [1.54, 1.807) is 36.4 Å². The number of benzene rings is 1. The lowest BCUT2D eigenvalue weighted by molar-refractivity contribution is -0.123. The molecule has 0 aliphatic rings. The van der Waals surface area contributed by atoms with Crippen molar-refractivity contribution in [1.29, 1.82) is 0 Å². The van der Waals surface area contributed by atoms with E-state index in [1.165, 1.54) is 24.1 Å². The number of nitrogens with zero attached hydrogens (tertiary/aromatic N) is 5. The van der Waals surface area contributed by atoms with Gasteiger partial charge in [-0.05, 0) is 41.6 Å². The van der Waals surface area contributed by atoms with E-state index in [-0.39, 0.29) is 10.7 Å².